The highest BCUT2D eigenvalue weighted by atomic mass is 35.5. The topological polar surface area (TPSA) is 9.72 Å². The van der Waals surface area contributed by atoms with Crippen molar-refractivity contribution in [1.82, 2.24) is 9.80 Å². The molecule has 3 nitrogen and oxygen atoms in total. The minimum Gasteiger partial charge on any atom is -0.371 e. The van der Waals surface area contributed by atoms with E-state index in [0.29, 0.717) is 0 Å². The van der Waals surface area contributed by atoms with E-state index in [2.05, 4.69) is 39.0 Å². The summed E-state index contributed by atoms with van der Waals surface area (Å²) < 4.78 is 0. The Hall–Kier alpha value is -0.190. The fraction of sp³-hybridized carbons (Fsp3) is 0.700. The molecule has 1 aromatic carbocycles. The third kappa shape index (κ3) is 5.65. The van der Waals surface area contributed by atoms with Crippen LogP contribution in [0.4, 0.5) is 5.69 Å². The Morgan fingerprint density at radius 1 is 0.846 bits per heavy atom. The molecule has 2 saturated heterocycles. The summed E-state index contributed by atoms with van der Waals surface area (Å²) in [7, 11) is 0. The van der Waals surface area contributed by atoms with Crippen molar-refractivity contribution in [3.8, 4) is 0 Å². The zero-order chi connectivity index (χ0) is 15.5. The van der Waals surface area contributed by atoms with Crippen LogP contribution >= 0.6 is 37.2 Å². The second-order valence-electron chi connectivity index (χ2n) is 7.56. The van der Waals surface area contributed by atoms with Gasteiger partial charge in [0, 0.05) is 44.5 Å². The van der Waals surface area contributed by atoms with Gasteiger partial charge in [-0.05, 0) is 56.8 Å². The lowest BCUT2D eigenvalue weighted by Gasteiger charge is -2.44. The summed E-state index contributed by atoms with van der Waals surface area (Å²) in [6.45, 7) is 9.05. The number of hydrogen-bond acceptors (Lipinski definition) is 3. The molecule has 2 fully saturated rings. The van der Waals surface area contributed by atoms with E-state index in [4.69, 9.17) is 0 Å². The van der Waals surface area contributed by atoms with Crippen LogP contribution in [0.1, 0.15) is 37.7 Å². The number of hydrogen-bond donors (Lipinski definition) is 0. The van der Waals surface area contributed by atoms with E-state index in [9.17, 15) is 0 Å². The number of para-hydroxylation sites is 1. The first kappa shape index (κ1) is 23.8. The minimum atomic E-state index is 0. The van der Waals surface area contributed by atoms with Crippen LogP contribution in [-0.4, -0.2) is 61.7 Å². The monoisotopic (exact) mass is 421 g/mol. The maximum Gasteiger partial charge on any atom is 0.0399 e. The number of anilines is 1. The molecular weight excluding hydrogens is 389 g/mol. The number of piperazine rings is 1. The predicted octanol–water partition coefficient (Wildman–Crippen LogP) is 4.26. The number of nitrogens with zero attached hydrogens (tertiary/aromatic N) is 3. The van der Waals surface area contributed by atoms with Gasteiger partial charge in [-0.3, -0.25) is 4.90 Å². The summed E-state index contributed by atoms with van der Waals surface area (Å²) in [6.07, 6.45) is 8.22. The highest BCUT2D eigenvalue weighted by Crippen LogP contribution is 2.27. The average molecular weight is 423 g/mol. The summed E-state index contributed by atoms with van der Waals surface area (Å²) in [5, 5.41) is 0. The van der Waals surface area contributed by atoms with Gasteiger partial charge in [0.15, 0.2) is 0 Å². The lowest BCUT2D eigenvalue weighted by Crippen LogP contribution is -2.54. The Kier molecular flexibility index (Phi) is 10.6. The Morgan fingerprint density at radius 2 is 1.65 bits per heavy atom. The Morgan fingerprint density at radius 3 is 2.54 bits per heavy atom. The molecule has 3 aliphatic heterocycles. The summed E-state index contributed by atoms with van der Waals surface area (Å²) in [4.78, 5) is 8.06. The molecule has 0 N–H and O–H groups in total. The highest BCUT2D eigenvalue weighted by Gasteiger charge is 2.28. The molecular formula is C20H34Cl3N3. The molecule has 0 aromatic heterocycles. The van der Waals surface area contributed by atoms with Crippen LogP contribution in [-0.2, 0) is 6.42 Å². The number of halogens is 3. The second kappa shape index (κ2) is 11.6. The average Bonchev–Trinajstić information content (AvgIpc) is 3.02. The van der Waals surface area contributed by atoms with Gasteiger partial charge in [-0.1, -0.05) is 24.6 Å². The molecule has 0 spiro atoms. The van der Waals surface area contributed by atoms with Gasteiger partial charge in [0.25, 0.3) is 0 Å². The molecule has 26 heavy (non-hydrogen) atoms. The molecule has 1 unspecified atom stereocenters. The first-order chi connectivity index (χ1) is 11.4. The predicted molar refractivity (Wildman–Crippen MR) is 119 cm³/mol. The van der Waals surface area contributed by atoms with Gasteiger partial charge < -0.3 is 9.80 Å². The zero-order valence-corrected chi connectivity index (χ0v) is 18.1. The fourth-order valence-electron chi connectivity index (χ4n) is 4.70. The van der Waals surface area contributed by atoms with Crippen LogP contribution in [0.3, 0.4) is 0 Å². The molecule has 0 radical (unpaired) electrons. The lowest BCUT2D eigenvalue weighted by atomic mass is 9.99. The molecule has 4 rings (SSSR count). The van der Waals surface area contributed by atoms with Crippen molar-refractivity contribution in [2.75, 3.05) is 50.7 Å². The van der Waals surface area contributed by atoms with E-state index in [1.165, 1.54) is 90.0 Å². The molecule has 0 aliphatic carbocycles. The smallest absolute Gasteiger partial charge is 0.0399 e. The number of piperidine rings is 1. The van der Waals surface area contributed by atoms with Crippen LogP contribution in [0, 0.1) is 0 Å². The molecule has 0 bridgehead atoms. The Bertz CT molecular complexity index is 529. The van der Waals surface area contributed by atoms with E-state index in [-0.39, 0.29) is 37.2 Å². The quantitative estimate of drug-likeness (QED) is 0.656. The Balaban J connectivity index is 0.00000113. The second-order valence-corrected chi connectivity index (χ2v) is 7.56. The first-order valence-electron chi connectivity index (χ1n) is 9.69. The molecule has 3 aliphatic rings. The van der Waals surface area contributed by atoms with Crippen molar-refractivity contribution >= 4 is 42.9 Å². The van der Waals surface area contributed by atoms with Gasteiger partial charge in [-0.25, -0.2) is 0 Å². The molecule has 1 aromatic rings. The number of rotatable bonds is 5. The van der Waals surface area contributed by atoms with E-state index in [0.717, 1.165) is 6.04 Å². The van der Waals surface area contributed by atoms with E-state index >= 15 is 0 Å². The van der Waals surface area contributed by atoms with Gasteiger partial charge in [0.05, 0.1) is 0 Å². The van der Waals surface area contributed by atoms with Crippen LogP contribution in [0.5, 0.6) is 0 Å². The van der Waals surface area contributed by atoms with E-state index in [1.54, 1.807) is 5.56 Å². The van der Waals surface area contributed by atoms with Crippen molar-refractivity contribution in [1.29, 1.82) is 0 Å². The van der Waals surface area contributed by atoms with Gasteiger partial charge in [0.1, 0.15) is 0 Å². The number of fused-ring (bicyclic) bond motifs is 2. The third-order valence-corrected chi connectivity index (χ3v) is 6.06. The van der Waals surface area contributed by atoms with E-state index in [1.807, 2.05) is 0 Å². The Labute approximate surface area is 177 Å². The van der Waals surface area contributed by atoms with Gasteiger partial charge in [-0.15, -0.1) is 37.2 Å². The van der Waals surface area contributed by atoms with Crippen molar-refractivity contribution in [2.45, 2.75) is 44.6 Å². The SMILES string of the molecule is Cl.Cl.Cl.c1ccc2c(c1)CCN2CCCCN1CCN2CCCCC2C1. The zero-order valence-electron chi connectivity index (χ0n) is 15.6. The molecule has 6 heteroatoms. The first-order valence-corrected chi connectivity index (χ1v) is 9.69. The third-order valence-electron chi connectivity index (χ3n) is 6.06. The van der Waals surface area contributed by atoms with Crippen LogP contribution in [0.15, 0.2) is 24.3 Å². The highest BCUT2D eigenvalue weighted by molar-refractivity contribution is 5.86. The normalized spacial score (nSPS) is 22.5. The van der Waals surface area contributed by atoms with Crippen LogP contribution in [0.2, 0.25) is 0 Å². The molecule has 1 atom stereocenters. The lowest BCUT2D eigenvalue weighted by molar-refractivity contribution is 0.0488. The maximum absolute atomic E-state index is 2.74. The van der Waals surface area contributed by atoms with Crippen LogP contribution in [0.25, 0.3) is 0 Å². The van der Waals surface area contributed by atoms with Gasteiger partial charge in [-0.2, -0.15) is 0 Å². The largest absolute Gasteiger partial charge is 0.371 e. The standard InChI is InChI=1S/C20H31N3.3ClH/c1-2-9-20-18(7-1)10-14-23(20)13-6-5-11-21-15-16-22-12-4-3-8-19(22)17-21;;;/h1-2,7,9,19H,3-6,8,10-17H2;3*1H. The molecule has 0 amide bonds. The molecule has 0 saturated carbocycles. The molecule has 150 valence electrons. The van der Waals surface area contributed by atoms with Gasteiger partial charge in [0.2, 0.25) is 0 Å². The fourth-order valence-corrected chi connectivity index (χ4v) is 4.70. The van der Waals surface area contributed by atoms with Gasteiger partial charge >= 0.3 is 0 Å². The van der Waals surface area contributed by atoms with Crippen molar-refractivity contribution in [3.63, 3.8) is 0 Å². The summed E-state index contributed by atoms with van der Waals surface area (Å²) in [5.74, 6) is 0. The van der Waals surface area contributed by atoms with E-state index < -0.39 is 0 Å². The summed E-state index contributed by atoms with van der Waals surface area (Å²) in [6, 6.07) is 9.81. The summed E-state index contributed by atoms with van der Waals surface area (Å²) in [5.41, 5.74) is 3.03. The number of unbranched alkanes of at least 4 members (excludes halogenated alkanes) is 1. The van der Waals surface area contributed by atoms with Crippen molar-refractivity contribution < 1.29 is 0 Å². The summed E-state index contributed by atoms with van der Waals surface area (Å²) >= 11 is 0. The minimum absolute atomic E-state index is 0. The molecule has 3 heterocycles. The number of benzene rings is 1. The van der Waals surface area contributed by atoms with Crippen LogP contribution < -0.4 is 4.90 Å². The van der Waals surface area contributed by atoms with Crippen molar-refractivity contribution in [2.24, 2.45) is 0 Å². The maximum atomic E-state index is 2.74. The van der Waals surface area contributed by atoms with Crippen molar-refractivity contribution in [3.05, 3.63) is 29.8 Å².